The molecule has 20 heavy (non-hydrogen) atoms. The quantitative estimate of drug-likeness (QED) is 0.629. The van der Waals surface area contributed by atoms with E-state index in [1.165, 1.54) is 12.1 Å². The molecule has 0 fully saturated rings. The second-order valence-corrected chi connectivity index (χ2v) is 4.80. The van der Waals surface area contributed by atoms with Gasteiger partial charge in [-0.05, 0) is 23.3 Å². The SMILES string of the molecule is Fc1cccc(-c2cncc(-c3ccccc3)c2Cl)c1. The third-order valence-electron chi connectivity index (χ3n) is 3.10. The molecule has 2 aromatic carbocycles. The van der Waals surface area contributed by atoms with Crippen LogP contribution in [0.5, 0.6) is 0 Å². The summed E-state index contributed by atoms with van der Waals surface area (Å²) in [4.78, 5) is 4.22. The Morgan fingerprint density at radius 1 is 0.800 bits per heavy atom. The third-order valence-corrected chi connectivity index (χ3v) is 3.51. The lowest BCUT2D eigenvalue weighted by Gasteiger charge is -2.09. The smallest absolute Gasteiger partial charge is 0.123 e. The van der Waals surface area contributed by atoms with Gasteiger partial charge in [0, 0.05) is 23.5 Å². The minimum Gasteiger partial charge on any atom is -0.263 e. The molecule has 1 aromatic heterocycles. The first kappa shape index (κ1) is 12.8. The standard InChI is InChI=1S/C17H11ClFN/c18-17-15(12-5-2-1-3-6-12)10-20-11-16(17)13-7-4-8-14(19)9-13/h1-11H. The van der Waals surface area contributed by atoms with Gasteiger partial charge in [-0.2, -0.15) is 0 Å². The number of pyridine rings is 1. The van der Waals surface area contributed by atoms with Gasteiger partial charge in [0.1, 0.15) is 5.82 Å². The highest BCUT2D eigenvalue weighted by atomic mass is 35.5. The highest BCUT2D eigenvalue weighted by Gasteiger charge is 2.10. The summed E-state index contributed by atoms with van der Waals surface area (Å²) in [5, 5.41) is 0.580. The minimum absolute atomic E-state index is 0.288. The molecule has 3 rings (SSSR count). The summed E-state index contributed by atoms with van der Waals surface area (Å²) in [6.07, 6.45) is 3.38. The summed E-state index contributed by atoms with van der Waals surface area (Å²) >= 11 is 6.47. The maximum Gasteiger partial charge on any atom is 0.123 e. The van der Waals surface area contributed by atoms with Crippen molar-refractivity contribution in [2.45, 2.75) is 0 Å². The van der Waals surface area contributed by atoms with Gasteiger partial charge in [-0.25, -0.2) is 4.39 Å². The van der Waals surface area contributed by atoms with Crippen LogP contribution in [0.2, 0.25) is 5.02 Å². The molecule has 0 aliphatic carbocycles. The Hall–Kier alpha value is -2.19. The number of aromatic nitrogens is 1. The molecule has 1 heterocycles. The lowest BCUT2D eigenvalue weighted by atomic mass is 10.0. The van der Waals surface area contributed by atoms with E-state index in [2.05, 4.69) is 4.98 Å². The van der Waals surface area contributed by atoms with Gasteiger partial charge >= 0.3 is 0 Å². The Kier molecular flexibility index (Phi) is 3.48. The molecule has 0 radical (unpaired) electrons. The average Bonchev–Trinajstić information content (AvgIpc) is 2.48. The highest BCUT2D eigenvalue weighted by molar-refractivity contribution is 6.36. The van der Waals surface area contributed by atoms with Gasteiger partial charge < -0.3 is 0 Å². The highest BCUT2D eigenvalue weighted by Crippen LogP contribution is 2.35. The molecule has 0 amide bonds. The van der Waals surface area contributed by atoms with E-state index in [0.29, 0.717) is 5.02 Å². The van der Waals surface area contributed by atoms with Crippen LogP contribution in [0.25, 0.3) is 22.3 Å². The number of hydrogen-bond donors (Lipinski definition) is 0. The maximum absolute atomic E-state index is 13.3. The Morgan fingerprint density at radius 2 is 1.45 bits per heavy atom. The molecule has 3 aromatic rings. The van der Waals surface area contributed by atoms with Crippen molar-refractivity contribution in [2.75, 3.05) is 0 Å². The van der Waals surface area contributed by atoms with Gasteiger partial charge in [0.2, 0.25) is 0 Å². The minimum atomic E-state index is -0.288. The normalized spacial score (nSPS) is 10.5. The van der Waals surface area contributed by atoms with Crippen molar-refractivity contribution in [3.8, 4) is 22.3 Å². The molecule has 0 unspecified atom stereocenters. The van der Waals surface area contributed by atoms with Crippen LogP contribution in [0.15, 0.2) is 67.0 Å². The van der Waals surface area contributed by atoms with E-state index in [9.17, 15) is 4.39 Å². The molecule has 0 saturated heterocycles. The number of benzene rings is 2. The molecule has 1 nitrogen and oxygen atoms in total. The zero-order valence-corrected chi connectivity index (χ0v) is 11.3. The van der Waals surface area contributed by atoms with E-state index in [0.717, 1.165) is 22.3 Å². The van der Waals surface area contributed by atoms with Crippen LogP contribution in [-0.2, 0) is 0 Å². The van der Waals surface area contributed by atoms with Crippen molar-refractivity contribution in [3.63, 3.8) is 0 Å². The van der Waals surface area contributed by atoms with E-state index >= 15 is 0 Å². The van der Waals surface area contributed by atoms with Crippen LogP contribution < -0.4 is 0 Å². The molecule has 0 aliphatic rings. The zero-order chi connectivity index (χ0) is 13.9. The molecule has 0 bridgehead atoms. The van der Waals surface area contributed by atoms with E-state index in [-0.39, 0.29) is 5.82 Å². The monoisotopic (exact) mass is 283 g/mol. The molecule has 0 N–H and O–H groups in total. The summed E-state index contributed by atoms with van der Waals surface area (Å²) < 4.78 is 13.3. The Labute approximate surface area is 121 Å². The summed E-state index contributed by atoms with van der Waals surface area (Å²) in [5.74, 6) is -0.288. The summed E-state index contributed by atoms with van der Waals surface area (Å²) in [7, 11) is 0. The molecule has 98 valence electrons. The van der Waals surface area contributed by atoms with Crippen molar-refractivity contribution in [1.82, 2.24) is 4.98 Å². The molecule has 0 saturated carbocycles. The fourth-order valence-electron chi connectivity index (χ4n) is 2.12. The van der Waals surface area contributed by atoms with Crippen molar-refractivity contribution < 1.29 is 4.39 Å². The number of hydrogen-bond acceptors (Lipinski definition) is 1. The van der Waals surface area contributed by atoms with E-state index in [1.54, 1.807) is 18.5 Å². The summed E-state index contributed by atoms with van der Waals surface area (Å²) in [5.41, 5.74) is 3.28. The Bertz CT molecular complexity index is 741. The van der Waals surface area contributed by atoms with Gasteiger partial charge in [0.05, 0.1) is 5.02 Å². The first-order valence-electron chi connectivity index (χ1n) is 6.20. The number of nitrogens with zero attached hydrogens (tertiary/aromatic N) is 1. The van der Waals surface area contributed by atoms with Crippen molar-refractivity contribution >= 4 is 11.6 Å². The van der Waals surface area contributed by atoms with Crippen molar-refractivity contribution in [1.29, 1.82) is 0 Å². The van der Waals surface area contributed by atoms with Crippen LogP contribution in [0.1, 0.15) is 0 Å². The predicted octanol–water partition coefficient (Wildman–Crippen LogP) is 5.21. The lowest BCUT2D eigenvalue weighted by molar-refractivity contribution is 0.628. The predicted molar refractivity (Wildman–Crippen MR) is 80.1 cm³/mol. The molecule has 3 heteroatoms. The number of rotatable bonds is 2. The van der Waals surface area contributed by atoms with Gasteiger partial charge in [-0.1, -0.05) is 54.1 Å². The number of halogens is 2. The van der Waals surface area contributed by atoms with Crippen LogP contribution in [0.4, 0.5) is 4.39 Å². The largest absolute Gasteiger partial charge is 0.263 e. The first-order valence-corrected chi connectivity index (χ1v) is 6.58. The van der Waals surface area contributed by atoms with Gasteiger partial charge in [0.25, 0.3) is 0 Å². The van der Waals surface area contributed by atoms with E-state index in [4.69, 9.17) is 11.6 Å². The molecular weight excluding hydrogens is 273 g/mol. The first-order chi connectivity index (χ1) is 9.75. The van der Waals surface area contributed by atoms with Crippen LogP contribution in [-0.4, -0.2) is 4.98 Å². The second kappa shape index (κ2) is 5.43. The fraction of sp³-hybridized carbons (Fsp3) is 0. The average molecular weight is 284 g/mol. The fourth-order valence-corrected chi connectivity index (χ4v) is 2.44. The Balaban J connectivity index is 2.15. The van der Waals surface area contributed by atoms with Crippen LogP contribution >= 0.6 is 11.6 Å². The van der Waals surface area contributed by atoms with Gasteiger partial charge in [0.15, 0.2) is 0 Å². The lowest BCUT2D eigenvalue weighted by Crippen LogP contribution is -1.88. The zero-order valence-electron chi connectivity index (χ0n) is 10.6. The van der Waals surface area contributed by atoms with E-state index < -0.39 is 0 Å². The molecule has 0 aliphatic heterocycles. The molecule has 0 atom stereocenters. The van der Waals surface area contributed by atoms with Crippen molar-refractivity contribution in [3.05, 3.63) is 77.8 Å². The summed E-state index contributed by atoms with van der Waals surface area (Å²) in [6.45, 7) is 0. The maximum atomic E-state index is 13.3. The summed E-state index contributed by atoms with van der Waals surface area (Å²) in [6, 6.07) is 16.1. The molecule has 0 spiro atoms. The second-order valence-electron chi connectivity index (χ2n) is 4.42. The van der Waals surface area contributed by atoms with Gasteiger partial charge in [-0.3, -0.25) is 4.98 Å². The van der Waals surface area contributed by atoms with Crippen LogP contribution in [0, 0.1) is 5.82 Å². The van der Waals surface area contributed by atoms with Crippen molar-refractivity contribution in [2.24, 2.45) is 0 Å². The Morgan fingerprint density at radius 3 is 2.15 bits per heavy atom. The topological polar surface area (TPSA) is 12.9 Å². The third kappa shape index (κ3) is 2.43. The van der Waals surface area contributed by atoms with E-state index in [1.807, 2.05) is 36.4 Å². The van der Waals surface area contributed by atoms with Gasteiger partial charge in [-0.15, -0.1) is 0 Å². The van der Waals surface area contributed by atoms with Crippen LogP contribution in [0.3, 0.4) is 0 Å². The molecular formula is C17H11ClFN.